The van der Waals surface area contributed by atoms with E-state index in [1.807, 2.05) is 0 Å². The zero-order valence-corrected chi connectivity index (χ0v) is 10.2. The second-order valence-corrected chi connectivity index (χ2v) is 3.83. The number of halogens is 1. The number of carbonyl (C=O) groups is 1. The highest BCUT2D eigenvalue weighted by Crippen LogP contribution is 2.17. The molecule has 0 unspecified atom stereocenters. The number of carboxylic acids is 1. The topological polar surface area (TPSA) is 80.4 Å². The maximum absolute atomic E-state index is 10.9. The first-order valence-electron chi connectivity index (χ1n) is 4.63. The van der Waals surface area contributed by atoms with Crippen LogP contribution in [0.3, 0.4) is 0 Å². The van der Waals surface area contributed by atoms with Crippen molar-refractivity contribution in [2.24, 2.45) is 0 Å². The van der Waals surface area contributed by atoms with Gasteiger partial charge in [-0.25, -0.2) is 4.79 Å². The monoisotopic (exact) mass is 297 g/mol. The minimum Gasteiger partial charge on any atom is -0.478 e. The third-order valence-electron chi connectivity index (χ3n) is 1.89. The Labute approximate surface area is 106 Å². The van der Waals surface area contributed by atoms with Gasteiger partial charge in [0.1, 0.15) is 0 Å². The second-order valence-electron chi connectivity index (χ2n) is 3.03. The maximum Gasteiger partial charge on any atom is 0.337 e. The van der Waals surface area contributed by atoms with Crippen LogP contribution < -0.4 is 0 Å². The van der Waals surface area contributed by atoms with Gasteiger partial charge in [-0.15, -0.1) is 0 Å². The van der Waals surface area contributed by atoms with Crippen LogP contribution in [-0.4, -0.2) is 21.3 Å². The molecular formula is C11H8BrNO4. The van der Waals surface area contributed by atoms with Gasteiger partial charge in [0.05, 0.1) is 10.5 Å². The first-order chi connectivity index (χ1) is 8.06. The van der Waals surface area contributed by atoms with E-state index in [4.69, 9.17) is 5.11 Å². The van der Waals surface area contributed by atoms with Crippen molar-refractivity contribution in [3.8, 4) is 11.8 Å². The Kier molecular flexibility index (Phi) is 4.67. The van der Waals surface area contributed by atoms with Crippen LogP contribution >= 0.6 is 15.9 Å². The minimum absolute atomic E-state index is 0.152. The Morgan fingerprint density at radius 1 is 1.53 bits per heavy atom. The Balaban J connectivity index is 3.19. The summed E-state index contributed by atoms with van der Waals surface area (Å²) >= 11 is 3.19. The smallest absolute Gasteiger partial charge is 0.337 e. The molecule has 0 heterocycles. The standard InChI is InChI=1S/C11H8BrNO4/c12-6-2-1-3-8-4-5-9(13(16)17)7-10(8)11(14)15/h4-5,7H,2,6H2,(H,14,15). The van der Waals surface area contributed by atoms with Gasteiger partial charge in [0.15, 0.2) is 0 Å². The van der Waals surface area contributed by atoms with E-state index in [1.165, 1.54) is 12.1 Å². The van der Waals surface area contributed by atoms with E-state index in [1.54, 1.807) is 0 Å². The van der Waals surface area contributed by atoms with E-state index in [9.17, 15) is 14.9 Å². The molecule has 0 bridgehead atoms. The Morgan fingerprint density at radius 3 is 2.76 bits per heavy atom. The summed E-state index contributed by atoms with van der Waals surface area (Å²) in [6.07, 6.45) is 0.579. The van der Waals surface area contributed by atoms with Crippen LogP contribution in [-0.2, 0) is 0 Å². The lowest BCUT2D eigenvalue weighted by Gasteiger charge is -1.98. The molecule has 0 aromatic heterocycles. The number of hydrogen-bond donors (Lipinski definition) is 1. The third kappa shape index (κ3) is 3.57. The summed E-state index contributed by atoms with van der Waals surface area (Å²) in [5.41, 5.74) is -0.126. The number of rotatable bonds is 3. The van der Waals surface area contributed by atoms with Gasteiger partial charge in [-0.05, 0) is 6.07 Å². The molecular weight excluding hydrogens is 290 g/mol. The zero-order chi connectivity index (χ0) is 12.8. The van der Waals surface area contributed by atoms with Crippen LogP contribution in [0.25, 0.3) is 0 Å². The molecule has 6 heteroatoms. The number of benzene rings is 1. The van der Waals surface area contributed by atoms with Crippen molar-refractivity contribution < 1.29 is 14.8 Å². The molecule has 17 heavy (non-hydrogen) atoms. The lowest BCUT2D eigenvalue weighted by molar-refractivity contribution is -0.384. The summed E-state index contributed by atoms with van der Waals surface area (Å²) in [6, 6.07) is 3.61. The number of nitrogens with zero attached hydrogens (tertiary/aromatic N) is 1. The van der Waals surface area contributed by atoms with Crippen molar-refractivity contribution in [2.75, 3.05) is 5.33 Å². The number of non-ortho nitro benzene ring substituents is 1. The van der Waals surface area contributed by atoms with Crippen LogP contribution in [0.1, 0.15) is 22.3 Å². The largest absolute Gasteiger partial charge is 0.478 e. The number of carboxylic acid groups (broad SMARTS) is 1. The molecule has 0 atom stereocenters. The lowest BCUT2D eigenvalue weighted by atomic mass is 10.1. The summed E-state index contributed by atoms with van der Waals surface area (Å²) in [5, 5.41) is 20.1. The van der Waals surface area contributed by atoms with E-state index in [2.05, 4.69) is 27.8 Å². The van der Waals surface area contributed by atoms with Gasteiger partial charge >= 0.3 is 5.97 Å². The molecule has 0 saturated carbocycles. The lowest BCUT2D eigenvalue weighted by Crippen LogP contribution is -2.01. The normalized spacial score (nSPS) is 9.24. The Hall–Kier alpha value is -1.87. The molecule has 0 saturated heterocycles. The van der Waals surface area contributed by atoms with Crippen molar-refractivity contribution in [1.29, 1.82) is 0 Å². The SMILES string of the molecule is O=C(O)c1cc([N+](=O)[O-])ccc1C#CCCBr. The maximum atomic E-state index is 10.9. The molecule has 1 aromatic rings. The van der Waals surface area contributed by atoms with Crippen molar-refractivity contribution in [3.63, 3.8) is 0 Å². The number of nitro groups is 1. The van der Waals surface area contributed by atoms with E-state index in [0.717, 1.165) is 6.07 Å². The zero-order valence-electron chi connectivity index (χ0n) is 8.64. The molecule has 1 rings (SSSR count). The molecule has 0 fully saturated rings. The average molecular weight is 298 g/mol. The first kappa shape index (κ1) is 13.2. The Bertz CT molecular complexity index is 516. The van der Waals surface area contributed by atoms with Crippen LogP contribution in [0.4, 0.5) is 5.69 Å². The average Bonchev–Trinajstić information content (AvgIpc) is 2.29. The summed E-state index contributed by atoms with van der Waals surface area (Å²) in [6.45, 7) is 0. The molecule has 88 valence electrons. The fraction of sp³-hybridized carbons (Fsp3) is 0.182. The van der Waals surface area contributed by atoms with Crippen molar-refractivity contribution in [3.05, 3.63) is 39.4 Å². The fourth-order valence-electron chi connectivity index (χ4n) is 1.14. The van der Waals surface area contributed by atoms with Gasteiger partial charge in [0.2, 0.25) is 0 Å². The van der Waals surface area contributed by atoms with Crippen LogP contribution in [0.15, 0.2) is 18.2 Å². The minimum atomic E-state index is -1.23. The number of hydrogen-bond acceptors (Lipinski definition) is 3. The molecule has 0 spiro atoms. The highest BCUT2D eigenvalue weighted by Gasteiger charge is 2.14. The summed E-state index contributed by atoms with van der Waals surface area (Å²) in [7, 11) is 0. The first-order valence-corrected chi connectivity index (χ1v) is 5.75. The third-order valence-corrected chi connectivity index (χ3v) is 2.28. The predicted molar refractivity (Wildman–Crippen MR) is 65.3 cm³/mol. The second kappa shape index (κ2) is 6.01. The molecule has 1 N–H and O–H groups in total. The van der Waals surface area contributed by atoms with Crippen LogP contribution in [0.2, 0.25) is 0 Å². The van der Waals surface area contributed by atoms with E-state index >= 15 is 0 Å². The van der Waals surface area contributed by atoms with Crippen LogP contribution in [0, 0.1) is 22.0 Å². The van der Waals surface area contributed by atoms with Gasteiger partial charge in [-0.1, -0.05) is 27.8 Å². The summed E-state index contributed by atoms with van der Waals surface area (Å²) in [5.74, 6) is 4.22. The molecule has 0 aliphatic rings. The Morgan fingerprint density at radius 2 is 2.24 bits per heavy atom. The predicted octanol–water partition coefficient (Wildman–Crippen LogP) is 2.43. The molecule has 1 aromatic carbocycles. The van der Waals surface area contributed by atoms with Gasteiger partial charge in [0, 0.05) is 29.4 Å². The van der Waals surface area contributed by atoms with E-state index in [-0.39, 0.29) is 16.8 Å². The highest BCUT2D eigenvalue weighted by atomic mass is 79.9. The number of alkyl halides is 1. The number of nitro benzene ring substituents is 1. The molecule has 0 aliphatic carbocycles. The van der Waals surface area contributed by atoms with E-state index < -0.39 is 10.9 Å². The van der Waals surface area contributed by atoms with Crippen molar-refractivity contribution >= 4 is 27.6 Å². The van der Waals surface area contributed by atoms with Gasteiger partial charge < -0.3 is 5.11 Å². The van der Waals surface area contributed by atoms with Gasteiger partial charge in [-0.3, -0.25) is 10.1 Å². The van der Waals surface area contributed by atoms with E-state index in [0.29, 0.717) is 11.8 Å². The fourth-order valence-corrected chi connectivity index (χ4v) is 1.33. The summed E-state index contributed by atoms with van der Waals surface area (Å²) in [4.78, 5) is 20.8. The molecule has 5 nitrogen and oxygen atoms in total. The van der Waals surface area contributed by atoms with Gasteiger partial charge in [-0.2, -0.15) is 0 Å². The van der Waals surface area contributed by atoms with Gasteiger partial charge in [0.25, 0.3) is 5.69 Å². The number of aromatic carboxylic acids is 1. The molecule has 0 amide bonds. The highest BCUT2D eigenvalue weighted by molar-refractivity contribution is 9.09. The molecule has 0 aliphatic heterocycles. The summed E-state index contributed by atoms with van der Waals surface area (Å²) < 4.78 is 0. The van der Waals surface area contributed by atoms with Crippen molar-refractivity contribution in [1.82, 2.24) is 0 Å². The quantitative estimate of drug-likeness (QED) is 0.402. The van der Waals surface area contributed by atoms with Crippen LogP contribution in [0.5, 0.6) is 0 Å². The molecule has 0 radical (unpaired) electrons. The van der Waals surface area contributed by atoms with Crippen molar-refractivity contribution in [2.45, 2.75) is 6.42 Å².